The van der Waals surface area contributed by atoms with Crippen LogP contribution in [0.5, 0.6) is 0 Å². The van der Waals surface area contributed by atoms with Crippen LogP contribution in [0.2, 0.25) is 0 Å². The number of hydrogen-bond donors (Lipinski definition) is 1. The Morgan fingerprint density at radius 2 is 2.28 bits per heavy atom. The second kappa shape index (κ2) is 5.96. The molecular formula is C14H19FN2O. The maximum Gasteiger partial charge on any atom is 0.236 e. The molecule has 4 heteroatoms. The molecule has 1 aliphatic carbocycles. The van der Waals surface area contributed by atoms with Gasteiger partial charge < -0.3 is 10.2 Å². The number of carbonyl (C=O) groups is 1. The van der Waals surface area contributed by atoms with Gasteiger partial charge in [0.1, 0.15) is 5.82 Å². The average Bonchev–Trinajstić information content (AvgIpc) is 3.14. The highest BCUT2D eigenvalue weighted by Gasteiger charge is 2.31. The van der Waals surface area contributed by atoms with E-state index in [1.54, 1.807) is 13.1 Å². The first-order chi connectivity index (χ1) is 8.70. The van der Waals surface area contributed by atoms with Crippen molar-refractivity contribution in [3.8, 4) is 0 Å². The smallest absolute Gasteiger partial charge is 0.236 e. The zero-order valence-electron chi connectivity index (χ0n) is 10.7. The van der Waals surface area contributed by atoms with Crippen molar-refractivity contribution in [2.24, 2.45) is 0 Å². The molecule has 1 fully saturated rings. The molecule has 1 aromatic carbocycles. The van der Waals surface area contributed by atoms with Crippen LogP contribution in [-0.2, 0) is 11.2 Å². The molecule has 0 heterocycles. The fourth-order valence-corrected chi connectivity index (χ4v) is 2.09. The van der Waals surface area contributed by atoms with E-state index in [2.05, 4.69) is 5.32 Å². The van der Waals surface area contributed by atoms with Crippen molar-refractivity contribution in [1.82, 2.24) is 10.2 Å². The Hall–Kier alpha value is -1.42. The Morgan fingerprint density at radius 3 is 2.89 bits per heavy atom. The van der Waals surface area contributed by atoms with Crippen LogP contribution in [-0.4, -0.2) is 37.0 Å². The fourth-order valence-electron chi connectivity index (χ4n) is 2.09. The van der Waals surface area contributed by atoms with Crippen LogP contribution >= 0.6 is 0 Å². The summed E-state index contributed by atoms with van der Waals surface area (Å²) in [6, 6.07) is 6.99. The quantitative estimate of drug-likeness (QED) is 0.831. The first-order valence-corrected chi connectivity index (χ1v) is 6.39. The van der Waals surface area contributed by atoms with Gasteiger partial charge in [0.2, 0.25) is 5.91 Å². The molecule has 1 N–H and O–H groups in total. The standard InChI is InChI=1S/C14H19FN2O/c1-16-10-14(18)17(13-5-6-13)8-7-11-3-2-4-12(15)9-11/h2-4,9,13,16H,5-8,10H2,1H3. The topological polar surface area (TPSA) is 32.3 Å². The van der Waals surface area contributed by atoms with E-state index in [0.717, 1.165) is 18.4 Å². The molecule has 0 bridgehead atoms. The molecule has 18 heavy (non-hydrogen) atoms. The molecule has 1 amide bonds. The van der Waals surface area contributed by atoms with Gasteiger partial charge in [-0.05, 0) is 44.0 Å². The van der Waals surface area contributed by atoms with E-state index in [1.807, 2.05) is 11.0 Å². The van der Waals surface area contributed by atoms with Gasteiger partial charge in [-0.25, -0.2) is 4.39 Å². The highest BCUT2D eigenvalue weighted by molar-refractivity contribution is 5.78. The molecule has 98 valence electrons. The summed E-state index contributed by atoms with van der Waals surface area (Å²) >= 11 is 0. The Morgan fingerprint density at radius 1 is 1.50 bits per heavy atom. The molecule has 0 aromatic heterocycles. The molecule has 0 saturated heterocycles. The summed E-state index contributed by atoms with van der Waals surface area (Å²) in [4.78, 5) is 13.8. The predicted molar refractivity (Wildman–Crippen MR) is 68.8 cm³/mol. The van der Waals surface area contributed by atoms with E-state index in [4.69, 9.17) is 0 Å². The van der Waals surface area contributed by atoms with Gasteiger partial charge in [-0.3, -0.25) is 4.79 Å². The predicted octanol–water partition coefficient (Wildman–Crippen LogP) is 1.58. The minimum absolute atomic E-state index is 0.136. The number of halogens is 1. The SMILES string of the molecule is CNCC(=O)N(CCc1cccc(F)c1)C1CC1. The number of amides is 1. The Balaban J connectivity index is 1.91. The molecule has 2 rings (SSSR count). The number of likely N-dealkylation sites (N-methyl/N-ethyl adjacent to an activating group) is 1. The van der Waals surface area contributed by atoms with Crippen LogP contribution in [0.15, 0.2) is 24.3 Å². The largest absolute Gasteiger partial charge is 0.338 e. The van der Waals surface area contributed by atoms with Crippen molar-refractivity contribution < 1.29 is 9.18 Å². The first kappa shape index (κ1) is 13.0. The maximum absolute atomic E-state index is 13.1. The van der Waals surface area contributed by atoms with Crippen molar-refractivity contribution in [1.29, 1.82) is 0 Å². The third kappa shape index (κ3) is 3.53. The third-order valence-corrected chi connectivity index (χ3v) is 3.17. The van der Waals surface area contributed by atoms with E-state index in [0.29, 0.717) is 25.6 Å². The maximum atomic E-state index is 13.1. The number of hydrogen-bond acceptors (Lipinski definition) is 2. The van der Waals surface area contributed by atoms with Gasteiger partial charge in [0.25, 0.3) is 0 Å². The summed E-state index contributed by atoms with van der Waals surface area (Å²) in [5.41, 5.74) is 0.943. The molecule has 0 spiro atoms. The Labute approximate surface area is 107 Å². The third-order valence-electron chi connectivity index (χ3n) is 3.17. The summed E-state index contributed by atoms with van der Waals surface area (Å²) in [7, 11) is 1.77. The summed E-state index contributed by atoms with van der Waals surface area (Å²) in [6.45, 7) is 1.05. The number of rotatable bonds is 6. The Kier molecular flexibility index (Phi) is 4.31. The molecule has 1 saturated carbocycles. The molecule has 0 atom stereocenters. The highest BCUT2D eigenvalue weighted by atomic mass is 19.1. The summed E-state index contributed by atoms with van der Waals surface area (Å²) in [5.74, 6) is -0.0802. The van der Waals surface area contributed by atoms with E-state index in [1.165, 1.54) is 12.1 Å². The number of nitrogens with one attached hydrogen (secondary N) is 1. The molecule has 0 aliphatic heterocycles. The number of nitrogens with zero attached hydrogens (tertiary/aromatic N) is 1. The molecular weight excluding hydrogens is 231 g/mol. The van der Waals surface area contributed by atoms with Crippen LogP contribution in [0.3, 0.4) is 0 Å². The second-order valence-corrected chi connectivity index (χ2v) is 4.73. The van der Waals surface area contributed by atoms with Crippen LogP contribution in [0.1, 0.15) is 18.4 Å². The molecule has 1 aliphatic rings. The lowest BCUT2D eigenvalue weighted by molar-refractivity contribution is -0.130. The van der Waals surface area contributed by atoms with E-state index >= 15 is 0 Å². The minimum atomic E-state index is -0.216. The van der Waals surface area contributed by atoms with Crippen molar-refractivity contribution in [3.63, 3.8) is 0 Å². The van der Waals surface area contributed by atoms with E-state index < -0.39 is 0 Å². The number of carbonyl (C=O) groups excluding carboxylic acids is 1. The summed E-state index contributed by atoms with van der Waals surface area (Å²) in [6.07, 6.45) is 2.90. The van der Waals surface area contributed by atoms with Gasteiger partial charge >= 0.3 is 0 Å². The molecule has 1 aromatic rings. The zero-order chi connectivity index (χ0) is 13.0. The molecule has 0 radical (unpaired) electrons. The molecule has 3 nitrogen and oxygen atoms in total. The lowest BCUT2D eigenvalue weighted by Crippen LogP contribution is -2.40. The van der Waals surface area contributed by atoms with Crippen LogP contribution in [0.4, 0.5) is 4.39 Å². The second-order valence-electron chi connectivity index (χ2n) is 4.73. The van der Waals surface area contributed by atoms with E-state index in [-0.39, 0.29) is 11.7 Å². The van der Waals surface area contributed by atoms with Crippen molar-refractivity contribution in [2.75, 3.05) is 20.1 Å². The van der Waals surface area contributed by atoms with E-state index in [9.17, 15) is 9.18 Å². The van der Waals surface area contributed by atoms with Gasteiger partial charge in [-0.2, -0.15) is 0 Å². The van der Waals surface area contributed by atoms with Crippen molar-refractivity contribution in [3.05, 3.63) is 35.6 Å². The van der Waals surface area contributed by atoms with Crippen LogP contribution in [0.25, 0.3) is 0 Å². The lowest BCUT2D eigenvalue weighted by atomic mass is 10.1. The van der Waals surface area contributed by atoms with Crippen molar-refractivity contribution >= 4 is 5.91 Å². The first-order valence-electron chi connectivity index (χ1n) is 6.39. The lowest BCUT2D eigenvalue weighted by Gasteiger charge is -2.22. The highest BCUT2D eigenvalue weighted by Crippen LogP contribution is 2.27. The normalized spacial score (nSPS) is 14.6. The van der Waals surface area contributed by atoms with Gasteiger partial charge in [-0.1, -0.05) is 12.1 Å². The van der Waals surface area contributed by atoms with Gasteiger partial charge in [0.15, 0.2) is 0 Å². The average molecular weight is 250 g/mol. The van der Waals surface area contributed by atoms with Gasteiger partial charge in [0.05, 0.1) is 6.54 Å². The number of benzene rings is 1. The summed E-state index contributed by atoms with van der Waals surface area (Å²) in [5, 5.41) is 2.89. The van der Waals surface area contributed by atoms with Crippen LogP contribution < -0.4 is 5.32 Å². The fraction of sp³-hybridized carbons (Fsp3) is 0.500. The van der Waals surface area contributed by atoms with Crippen LogP contribution in [0, 0.1) is 5.82 Å². The van der Waals surface area contributed by atoms with Gasteiger partial charge in [0, 0.05) is 12.6 Å². The minimum Gasteiger partial charge on any atom is -0.338 e. The monoisotopic (exact) mass is 250 g/mol. The Bertz CT molecular complexity index is 418. The zero-order valence-corrected chi connectivity index (χ0v) is 10.7. The van der Waals surface area contributed by atoms with Crippen molar-refractivity contribution in [2.45, 2.75) is 25.3 Å². The van der Waals surface area contributed by atoms with Gasteiger partial charge in [-0.15, -0.1) is 0 Å². The summed E-state index contributed by atoms with van der Waals surface area (Å²) < 4.78 is 13.1. The molecule has 0 unspecified atom stereocenters.